The second kappa shape index (κ2) is 9.09. The van der Waals surface area contributed by atoms with Gasteiger partial charge in [0.05, 0.1) is 22.5 Å². The lowest BCUT2D eigenvalue weighted by Crippen LogP contribution is -2.29. The molecule has 6 nitrogen and oxygen atoms in total. The van der Waals surface area contributed by atoms with E-state index in [1.807, 2.05) is 29.3 Å². The van der Waals surface area contributed by atoms with E-state index in [-0.39, 0.29) is 11.8 Å². The van der Waals surface area contributed by atoms with Gasteiger partial charge in [0.15, 0.2) is 0 Å². The van der Waals surface area contributed by atoms with Crippen molar-refractivity contribution in [2.45, 2.75) is 26.4 Å². The first kappa shape index (κ1) is 20.1. The molecule has 1 aromatic heterocycles. The van der Waals surface area contributed by atoms with Crippen LogP contribution in [0.1, 0.15) is 44.8 Å². The van der Waals surface area contributed by atoms with E-state index < -0.39 is 0 Å². The topological polar surface area (TPSA) is 71.5 Å². The minimum atomic E-state index is -0.279. The molecule has 1 N–H and O–H groups in total. The Labute approximate surface area is 179 Å². The van der Waals surface area contributed by atoms with Crippen LogP contribution in [0.2, 0.25) is 0 Å². The predicted octanol–water partition coefficient (Wildman–Crippen LogP) is 4.52. The van der Waals surface area contributed by atoms with Crippen LogP contribution in [0.4, 0.5) is 5.69 Å². The molecule has 1 aliphatic heterocycles. The van der Waals surface area contributed by atoms with Crippen LogP contribution in [-0.2, 0) is 6.61 Å². The van der Waals surface area contributed by atoms with Crippen molar-refractivity contribution in [3.8, 4) is 5.75 Å². The smallest absolute Gasteiger partial charge is 0.255 e. The fourth-order valence-electron chi connectivity index (χ4n) is 3.48. The van der Waals surface area contributed by atoms with Crippen LogP contribution in [0.3, 0.4) is 0 Å². The second-order valence-electron chi connectivity index (χ2n) is 7.25. The zero-order valence-corrected chi connectivity index (χ0v) is 17.6. The molecule has 2 aromatic carbocycles. The van der Waals surface area contributed by atoms with Crippen LogP contribution in [0, 0.1) is 6.92 Å². The highest BCUT2D eigenvalue weighted by Gasteiger charge is 2.23. The van der Waals surface area contributed by atoms with E-state index in [0.717, 1.165) is 37.2 Å². The molecule has 3 aromatic rings. The number of nitrogens with zero attached hydrogens (tertiary/aromatic N) is 2. The number of hydrogen-bond donors (Lipinski definition) is 1. The van der Waals surface area contributed by atoms with Crippen LogP contribution in [-0.4, -0.2) is 34.8 Å². The van der Waals surface area contributed by atoms with Gasteiger partial charge in [-0.1, -0.05) is 18.2 Å². The zero-order valence-electron chi connectivity index (χ0n) is 16.8. The first-order valence-electron chi connectivity index (χ1n) is 9.92. The molecule has 1 aliphatic rings. The summed E-state index contributed by atoms with van der Waals surface area (Å²) in [6.07, 6.45) is 2.04. The van der Waals surface area contributed by atoms with E-state index in [2.05, 4.69) is 10.3 Å². The molecular formula is C23H23N3O3S. The molecule has 0 radical (unpaired) electrons. The number of benzene rings is 2. The van der Waals surface area contributed by atoms with Crippen LogP contribution in [0.5, 0.6) is 5.75 Å². The highest BCUT2D eigenvalue weighted by Crippen LogP contribution is 2.25. The quantitative estimate of drug-likeness (QED) is 0.635. The van der Waals surface area contributed by atoms with Crippen molar-refractivity contribution in [2.24, 2.45) is 0 Å². The number of likely N-dealkylation sites (tertiary alicyclic amines) is 1. The molecule has 1 saturated heterocycles. The zero-order chi connectivity index (χ0) is 20.9. The van der Waals surface area contributed by atoms with E-state index in [0.29, 0.717) is 29.2 Å². The third-order valence-corrected chi connectivity index (χ3v) is 5.74. The second-order valence-corrected chi connectivity index (χ2v) is 7.97. The largest absolute Gasteiger partial charge is 0.487 e. The molecule has 2 heterocycles. The Hall–Kier alpha value is -3.19. The Bertz CT molecular complexity index is 1040. The van der Waals surface area contributed by atoms with Gasteiger partial charge in [-0.25, -0.2) is 4.98 Å². The molecular weight excluding hydrogens is 398 g/mol. The van der Waals surface area contributed by atoms with E-state index in [4.69, 9.17) is 4.74 Å². The van der Waals surface area contributed by atoms with Crippen molar-refractivity contribution in [3.63, 3.8) is 0 Å². The average Bonchev–Trinajstić information content (AvgIpc) is 3.47. The molecule has 4 rings (SSSR count). The Morgan fingerprint density at radius 3 is 2.73 bits per heavy atom. The summed E-state index contributed by atoms with van der Waals surface area (Å²) in [5.74, 6) is 0.277. The van der Waals surface area contributed by atoms with Crippen molar-refractivity contribution < 1.29 is 14.3 Å². The standard InChI is InChI=1S/C23H23N3O3S/c1-16-6-4-9-20(23(28)26-10-2-3-11-26)21(16)25-22(27)17-7-5-8-19(12-17)29-13-18-14-30-15-24-18/h4-9,12,14-15H,2-3,10-11,13H2,1H3,(H,25,27). The number of aromatic nitrogens is 1. The minimum absolute atomic E-state index is 0.0353. The Morgan fingerprint density at radius 2 is 1.97 bits per heavy atom. The van der Waals surface area contributed by atoms with Crippen LogP contribution >= 0.6 is 11.3 Å². The summed E-state index contributed by atoms with van der Waals surface area (Å²) in [4.78, 5) is 31.9. The SMILES string of the molecule is Cc1cccc(C(=O)N2CCCC2)c1NC(=O)c1cccc(OCc2cscn2)c1. The summed E-state index contributed by atoms with van der Waals surface area (Å²) in [5, 5.41) is 4.87. The summed E-state index contributed by atoms with van der Waals surface area (Å²) >= 11 is 1.51. The molecule has 0 unspecified atom stereocenters. The number of carbonyl (C=O) groups is 2. The lowest BCUT2D eigenvalue weighted by molar-refractivity contribution is 0.0793. The van der Waals surface area contributed by atoms with Gasteiger partial charge in [0.2, 0.25) is 0 Å². The molecule has 1 fully saturated rings. The maximum atomic E-state index is 12.9. The van der Waals surface area contributed by atoms with E-state index in [1.54, 1.807) is 35.8 Å². The van der Waals surface area contributed by atoms with Crippen molar-refractivity contribution in [1.29, 1.82) is 0 Å². The van der Waals surface area contributed by atoms with Gasteiger partial charge in [0.25, 0.3) is 11.8 Å². The maximum absolute atomic E-state index is 12.9. The third kappa shape index (κ3) is 4.52. The molecule has 30 heavy (non-hydrogen) atoms. The monoisotopic (exact) mass is 421 g/mol. The normalized spacial score (nSPS) is 13.3. The number of rotatable bonds is 6. The van der Waals surface area contributed by atoms with Crippen molar-refractivity contribution in [3.05, 3.63) is 75.7 Å². The highest BCUT2D eigenvalue weighted by molar-refractivity contribution is 7.07. The molecule has 0 aliphatic carbocycles. The first-order chi connectivity index (χ1) is 14.6. The molecule has 2 amide bonds. The summed E-state index contributed by atoms with van der Waals surface area (Å²) in [5.41, 5.74) is 5.01. The fraction of sp³-hybridized carbons (Fsp3) is 0.261. The van der Waals surface area contributed by atoms with Crippen molar-refractivity contribution >= 4 is 28.8 Å². The summed E-state index contributed by atoms with van der Waals surface area (Å²) in [7, 11) is 0. The molecule has 0 spiro atoms. The number of ether oxygens (including phenoxy) is 1. The van der Waals surface area contributed by atoms with Gasteiger partial charge in [0, 0.05) is 24.0 Å². The highest BCUT2D eigenvalue weighted by atomic mass is 32.1. The van der Waals surface area contributed by atoms with Gasteiger partial charge in [0.1, 0.15) is 12.4 Å². The number of amides is 2. The van der Waals surface area contributed by atoms with E-state index in [9.17, 15) is 9.59 Å². The van der Waals surface area contributed by atoms with Gasteiger partial charge in [-0.05, 0) is 49.6 Å². The van der Waals surface area contributed by atoms with Gasteiger partial charge >= 0.3 is 0 Å². The number of nitrogens with one attached hydrogen (secondary N) is 1. The van der Waals surface area contributed by atoms with Gasteiger partial charge < -0.3 is 15.0 Å². The number of hydrogen-bond acceptors (Lipinski definition) is 5. The molecule has 7 heteroatoms. The Balaban J connectivity index is 1.51. The van der Waals surface area contributed by atoms with Crippen molar-refractivity contribution in [2.75, 3.05) is 18.4 Å². The Kier molecular flexibility index (Phi) is 6.09. The number of anilines is 1. The van der Waals surface area contributed by atoms with Gasteiger partial charge in [-0.2, -0.15) is 0 Å². The summed E-state index contributed by atoms with van der Waals surface area (Å²) in [6.45, 7) is 3.77. The lowest BCUT2D eigenvalue weighted by Gasteiger charge is -2.19. The molecule has 0 bridgehead atoms. The van der Waals surface area contributed by atoms with Crippen molar-refractivity contribution in [1.82, 2.24) is 9.88 Å². The fourth-order valence-corrected chi connectivity index (χ4v) is 4.02. The summed E-state index contributed by atoms with van der Waals surface area (Å²) < 4.78 is 5.75. The van der Waals surface area contributed by atoms with Crippen LogP contribution in [0.25, 0.3) is 0 Å². The molecule has 0 saturated carbocycles. The third-order valence-electron chi connectivity index (χ3n) is 5.10. The molecule has 0 atom stereocenters. The van der Waals surface area contributed by atoms with Crippen LogP contribution in [0.15, 0.2) is 53.4 Å². The number of aryl methyl sites for hydroxylation is 1. The predicted molar refractivity (Wildman–Crippen MR) is 117 cm³/mol. The van der Waals surface area contributed by atoms with Crippen LogP contribution < -0.4 is 10.1 Å². The number of para-hydroxylation sites is 1. The van der Waals surface area contributed by atoms with E-state index >= 15 is 0 Å². The van der Waals surface area contributed by atoms with Gasteiger partial charge in [-0.15, -0.1) is 11.3 Å². The first-order valence-corrected chi connectivity index (χ1v) is 10.9. The Morgan fingerprint density at radius 1 is 1.17 bits per heavy atom. The minimum Gasteiger partial charge on any atom is -0.487 e. The number of carbonyl (C=O) groups excluding carboxylic acids is 2. The number of thiazole rings is 1. The van der Waals surface area contributed by atoms with E-state index in [1.165, 1.54) is 11.3 Å². The van der Waals surface area contributed by atoms with Gasteiger partial charge in [-0.3, -0.25) is 9.59 Å². The molecule has 154 valence electrons. The maximum Gasteiger partial charge on any atom is 0.255 e. The summed E-state index contributed by atoms with van der Waals surface area (Å²) in [6, 6.07) is 12.5. The lowest BCUT2D eigenvalue weighted by atomic mass is 10.1. The average molecular weight is 422 g/mol.